The summed E-state index contributed by atoms with van der Waals surface area (Å²) >= 11 is 0. The molecule has 0 saturated carbocycles. The minimum absolute atomic E-state index is 0.577. The van der Waals surface area contributed by atoms with E-state index in [2.05, 4.69) is 273 Å². The van der Waals surface area contributed by atoms with Gasteiger partial charge in [-0.15, -0.1) is 0 Å². The zero-order valence-corrected chi connectivity index (χ0v) is 47.6. The maximum atomic E-state index is 7.67. The van der Waals surface area contributed by atoms with Gasteiger partial charge in [0.2, 0.25) is 11.8 Å². The monoisotopic (exact) mass is 1040 g/mol. The highest BCUT2D eigenvalue weighted by atomic mass is 28.3. The van der Waals surface area contributed by atoms with Gasteiger partial charge in [-0.05, 0) is 171 Å². The third kappa shape index (κ3) is 7.81. The van der Waals surface area contributed by atoms with Crippen molar-refractivity contribution >= 4 is 85.1 Å². The van der Waals surface area contributed by atoms with Gasteiger partial charge >= 0.3 is 0 Å². The summed E-state index contributed by atoms with van der Waals surface area (Å²) < 4.78 is 15.3. The number of oxazole rings is 2. The molecule has 0 spiro atoms. The van der Waals surface area contributed by atoms with E-state index in [0.29, 0.717) is 22.9 Å². The largest absolute Gasteiger partial charge is 0.435 e. The number of hydrogen-bond donors (Lipinski definition) is 0. The van der Waals surface area contributed by atoms with Gasteiger partial charge in [-0.1, -0.05) is 169 Å². The van der Waals surface area contributed by atoms with E-state index in [1.54, 1.807) is 0 Å². The summed E-state index contributed by atoms with van der Waals surface area (Å²) in [5, 5.41) is 4.85. The molecule has 3 heterocycles. The lowest BCUT2D eigenvalue weighted by molar-refractivity contribution is 0.616. The predicted octanol–water partition coefficient (Wildman–Crippen LogP) is 16.7. The molecule has 0 amide bonds. The lowest BCUT2D eigenvalue weighted by atomic mass is 9.99. The van der Waals surface area contributed by atoms with Crippen molar-refractivity contribution in [2.24, 2.45) is 0 Å². The van der Waals surface area contributed by atoms with Crippen molar-refractivity contribution in [1.82, 2.24) is 9.97 Å². The number of rotatable bonds is 10. The third-order valence-electron chi connectivity index (χ3n) is 16.5. The Morgan fingerprint density at radius 3 is 0.975 bits per heavy atom. The Morgan fingerprint density at radius 2 is 0.646 bits per heavy atom. The van der Waals surface area contributed by atoms with Crippen LogP contribution in [0.3, 0.4) is 0 Å². The first kappa shape index (κ1) is 49.5. The molecule has 2 aromatic heterocycles. The molecule has 13 rings (SSSR count). The number of fused-ring (bicyclic) bond motifs is 7. The molecular weight excluding hydrogens is 981 g/mol. The Morgan fingerprint density at radius 1 is 0.329 bits per heavy atom. The summed E-state index contributed by atoms with van der Waals surface area (Å²) in [5.74, 6) is 1.15. The molecule has 386 valence electrons. The zero-order chi connectivity index (χ0) is 54.4. The maximum Gasteiger partial charge on any atom is 0.227 e. The fourth-order valence-electron chi connectivity index (χ4n) is 12.9. The summed E-state index contributed by atoms with van der Waals surface area (Å²) in [6, 6.07) is 71.3. The molecule has 1 aliphatic heterocycles. The van der Waals surface area contributed by atoms with Crippen LogP contribution in [-0.2, 0) is 0 Å². The van der Waals surface area contributed by atoms with Crippen LogP contribution in [0.1, 0.15) is 55.6 Å². The Hall–Kier alpha value is -9.04. The maximum absolute atomic E-state index is 7.67. The first-order valence-corrected chi connectivity index (χ1v) is 29.4. The van der Waals surface area contributed by atoms with Crippen LogP contribution in [0.25, 0.3) is 56.2 Å². The van der Waals surface area contributed by atoms with E-state index in [0.717, 1.165) is 112 Å². The molecule has 0 unspecified atom stereocenters. The third-order valence-corrected chi connectivity index (χ3v) is 21.4. The molecule has 0 N–H and O–H groups in total. The molecule has 0 fully saturated rings. The van der Waals surface area contributed by atoms with Gasteiger partial charge in [0.25, 0.3) is 0 Å². The van der Waals surface area contributed by atoms with Crippen LogP contribution < -0.4 is 30.5 Å². The van der Waals surface area contributed by atoms with Gasteiger partial charge in [-0.3, -0.25) is 0 Å². The molecule has 0 bridgehead atoms. The van der Waals surface area contributed by atoms with Crippen molar-refractivity contribution in [3.63, 3.8) is 0 Å². The molecule has 1 aliphatic rings. The van der Waals surface area contributed by atoms with E-state index in [1.807, 2.05) is 0 Å². The van der Waals surface area contributed by atoms with Crippen LogP contribution in [0.4, 0.5) is 34.1 Å². The zero-order valence-electron chi connectivity index (χ0n) is 46.6. The molecule has 79 heavy (non-hydrogen) atoms. The van der Waals surface area contributed by atoms with Crippen LogP contribution in [-0.4, -0.2) is 18.0 Å². The molecule has 7 heteroatoms. The Labute approximate surface area is 464 Å². The minimum atomic E-state index is -3.50. The molecule has 0 atom stereocenters. The van der Waals surface area contributed by atoms with Gasteiger partial charge in [-0.2, -0.15) is 0 Å². The van der Waals surface area contributed by atoms with E-state index in [4.69, 9.17) is 18.8 Å². The standard InChI is InChI=1S/C72H62N4O2Si/c1-43-33-37-53(38-34-43)75(67-49(7)25-19-26-50(67)8)57-41-59-63(69-65(57)73-71(77-69)61-45(3)21-17-22-46(61)4)64-60(79(59,55-29-13-11-14-30-55)56-31-15-12-16-32-56)42-58(66-70(64)78-72(74-66)62-47(5)23-18-24-48(62)6)76(54-39-35-44(2)36-40-54)68-51(9)27-20-28-52(68)10/h11-42H,1-10H3. The second-order valence-corrected chi connectivity index (χ2v) is 25.6. The summed E-state index contributed by atoms with van der Waals surface area (Å²) in [6.07, 6.45) is 0. The van der Waals surface area contributed by atoms with E-state index in [1.165, 1.54) is 31.9 Å². The van der Waals surface area contributed by atoms with Gasteiger partial charge in [-0.25, -0.2) is 9.97 Å². The van der Waals surface area contributed by atoms with Gasteiger partial charge < -0.3 is 18.6 Å². The molecule has 12 aromatic rings. The highest BCUT2D eigenvalue weighted by Crippen LogP contribution is 2.51. The smallest absolute Gasteiger partial charge is 0.227 e. The van der Waals surface area contributed by atoms with Crippen molar-refractivity contribution in [2.75, 3.05) is 9.80 Å². The van der Waals surface area contributed by atoms with Crippen molar-refractivity contribution in [1.29, 1.82) is 0 Å². The number of hydrogen-bond acceptors (Lipinski definition) is 6. The molecule has 10 aromatic carbocycles. The fourth-order valence-corrected chi connectivity index (χ4v) is 18.0. The summed E-state index contributed by atoms with van der Waals surface area (Å²) in [5.41, 5.74) is 24.4. The average Bonchev–Trinajstić information content (AvgIpc) is 2.65. The molecule has 6 nitrogen and oxygen atoms in total. The van der Waals surface area contributed by atoms with Gasteiger partial charge in [0, 0.05) is 33.6 Å². The van der Waals surface area contributed by atoms with Crippen LogP contribution in [0.2, 0.25) is 0 Å². The topological polar surface area (TPSA) is 58.5 Å². The molecule has 0 aliphatic carbocycles. The van der Waals surface area contributed by atoms with Crippen molar-refractivity contribution in [3.05, 3.63) is 250 Å². The second-order valence-electron chi connectivity index (χ2n) is 21.9. The van der Waals surface area contributed by atoms with Gasteiger partial charge in [0.1, 0.15) is 11.0 Å². The number of aromatic nitrogens is 2. The number of aryl methyl sites for hydroxylation is 10. The van der Waals surface area contributed by atoms with Gasteiger partial charge in [0.15, 0.2) is 19.2 Å². The Balaban J connectivity index is 1.28. The lowest BCUT2D eigenvalue weighted by Gasteiger charge is -2.34. The van der Waals surface area contributed by atoms with Crippen LogP contribution >= 0.6 is 0 Å². The molecule has 0 radical (unpaired) electrons. The van der Waals surface area contributed by atoms with Crippen molar-refractivity contribution < 1.29 is 8.83 Å². The highest BCUT2D eigenvalue weighted by Gasteiger charge is 2.53. The lowest BCUT2D eigenvalue weighted by Crippen LogP contribution is -2.72. The number of nitrogens with zero attached hydrogens (tertiary/aromatic N) is 4. The van der Waals surface area contributed by atoms with E-state index < -0.39 is 8.07 Å². The van der Waals surface area contributed by atoms with Crippen LogP contribution in [0.5, 0.6) is 0 Å². The normalized spacial score (nSPS) is 12.5. The molecule has 0 saturated heterocycles. The number of anilines is 6. The van der Waals surface area contributed by atoms with Crippen molar-refractivity contribution in [2.45, 2.75) is 69.2 Å². The van der Waals surface area contributed by atoms with Crippen LogP contribution in [0, 0.1) is 69.2 Å². The average molecular weight is 1040 g/mol. The minimum Gasteiger partial charge on any atom is -0.435 e. The SMILES string of the molecule is Cc1ccc(N(c2c(C)cccc2C)c2cc3c(c4oc(-c5c(C)cccc5C)nc24)-c2c(cc(N(c4ccc(C)cc4)c4c(C)cccc4C)c4nc(-c5c(C)cccc5C)oc24)[Si]3(c2ccccc2)c2ccccc2)cc1. The first-order chi connectivity index (χ1) is 38.3. The molecular formula is C72H62N4O2Si. The van der Waals surface area contributed by atoms with Gasteiger partial charge in [0.05, 0.1) is 22.7 Å². The fraction of sp³-hybridized carbons (Fsp3) is 0.139. The Kier molecular flexibility index (Phi) is 12.0. The van der Waals surface area contributed by atoms with E-state index in [-0.39, 0.29) is 0 Å². The highest BCUT2D eigenvalue weighted by molar-refractivity contribution is 7.22. The number of para-hydroxylation sites is 2. The first-order valence-electron chi connectivity index (χ1n) is 27.4. The quantitative estimate of drug-likeness (QED) is 0.127. The summed E-state index contributed by atoms with van der Waals surface area (Å²) in [6.45, 7) is 21.8. The van der Waals surface area contributed by atoms with E-state index >= 15 is 0 Å². The summed E-state index contributed by atoms with van der Waals surface area (Å²) in [4.78, 5) is 16.4. The number of benzene rings is 10. The van der Waals surface area contributed by atoms with Crippen molar-refractivity contribution in [3.8, 4) is 34.0 Å². The predicted molar refractivity (Wildman–Crippen MR) is 332 cm³/mol. The second kappa shape index (κ2) is 19.1. The van der Waals surface area contributed by atoms with E-state index in [9.17, 15) is 0 Å². The Bertz CT molecular complexity index is 4000. The van der Waals surface area contributed by atoms with Crippen LogP contribution in [0.15, 0.2) is 203 Å². The summed E-state index contributed by atoms with van der Waals surface area (Å²) in [7, 11) is -3.50.